The van der Waals surface area contributed by atoms with Crippen LogP contribution in [0, 0.1) is 28.8 Å². The molecule has 0 bridgehead atoms. The summed E-state index contributed by atoms with van der Waals surface area (Å²) in [5, 5.41) is 9.41. The number of pyridine rings is 2. The monoisotopic (exact) mass is 497 g/mol. The van der Waals surface area contributed by atoms with Crippen molar-refractivity contribution < 1.29 is 17.9 Å². The van der Waals surface area contributed by atoms with Gasteiger partial charge >= 0.3 is 0 Å². The second-order valence-corrected chi connectivity index (χ2v) is 9.30. The van der Waals surface area contributed by atoms with Crippen molar-refractivity contribution in [2.75, 3.05) is 24.6 Å². The first-order valence-corrected chi connectivity index (χ1v) is 12.0. The van der Waals surface area contributed by atoms with E-state index in [1.807, 2.05) is 13.8 Å². The average molecular weight is 498 g/mol. The molecule has 5 rings (SSSR count). The number of rotatable bonds is 4. The van der Waals surface area contributed by atoms with Crippen molar-refractivity contribution in [1.29, 1.82) is 5.26 Å². The van der Waals surface area contributed by atoms with E-state index < -0.39 is 23.5 Å². The molecule has 0 aliphatic carbocycles. The third kappa shape index (κ3) is 3.69. The van der Waals surface area contributed by atoms with Crippen LogP contribution < -0.4 is 15.2 Å². The van der Waals surface area contributed by atoms with Gasteiger partial charge in [-0.2, -0.15) is 5.26 Å². The van der Waals surface area contributed by atoms with Crippen LogP contribution in [-0.2, 0) is 7.05 Å². The normalized spacial score (nSPS) is 20.4. The molecule has 36 heavy (non-hydrogen) atoms. The summed E-state index contributed by atoms with van der Waals surface area (Å²) in [6.45, 7) is 4.95. The lowest BCUT2D eigenvalue weighted by Gasteiger charge is -2.51. The quantitative estimate of drug-likeness (QED) is 0.542. The molecule has 1 aromatic carbocycles. The Hall–Kier alpha value is -3.58. The van der Waals surface area contributed by atoms with E-state index >= 15 is 0 Å². The summed E-state index contributed by atoms with van der Waals surface area (Å²) < 4.78 is 50.6. The molecule has 0 saturated carbocycles. The molecule has 0 spiro atoms. The first-order chi connectivity index (χ1) is 17.3. The Kier molecular flexibility index (Phi) is 6.12. The van der Waals surface area contributed by atoms with Gasteiger partial charge in [0.2, 0.25) is 5.75 Å². The van der Waals surface area contributed by atoms with E-state index in [-0.39, 0.29) is 41.3 Å². The minimum Gasteiger partial charge on any atom is -0.484 e. The molecule has 4 heterocycles. The van der Waals surface area contributed by atoms with Gasteiger partial charge in [0.25, 0.3) is 5.56 Å². The first kappa shape index (κ1) is 24.1. The highest BCUT2D eigenvalue weighted by Gasteiger charge is 2.42. The van der Waals surface area contributed by atoms with Crippen LogP contribution in [0.2, 0.25) is 0 Å². The van der Waals surface area contributed by atoms with Crippen molar-refractivity contribution in [2.24, 2.45) is 7.05 Å². The minimum atomic E-state index is -0.949. The summed E-state index contributed by atoms with van der Waals surface area (Å²) in [5.74, 6) is -2.56. The number of halogens is 3. The van der Waals surface area contributed by atoms with Gasteiger partial charge in [-0.25, -0.2) is 18.2 Å². The maximum absolute atomic E-state index is 14.8. The van der Waals surface area contributed by atoms with Crippen molar-refractivity contribution in [1.82, 2.24) is 14.5 Å². The number of anilines is 1. The van der Waals surface area contributed by atoms with Crippen molar-refractivity contribution >= 4 is 16.7 Å². The van der Waals surface area contributed by atoms with E-state index in [0.717, 1.165) is 12.1 Å². The van der Waals surface area contributed by atoms with Crippen LogP contribution in [0.15, 0.2) is 29.1 Å². The van der Waals surface area contributed by atoms with Gasteiger partial charge in [0.05, 0.1) is 11.6 Å². The highest BCUT2D eigenvalue weighted by Crippen LogP contribution is 2.41. The van der Waals surface area contributed by atoms with E-state index in [1.165, 1.54) is 4.57 Å². The molecule has 2 aliphatic rings. The topological polar surface area (TPSA) is 74.4 Å². The fourth-order valence-electron chi connectivity index (χ4n) is 5.62. The van der Waals surface area contributed by atoms with Crippen molar-refractivity contribution in [2.45, 2.75) is 44.8 Å². The maximum atomic E-state index is 14.8. The molecule has 0 N–H and O–H groups in total. The Labute approximate surface area is 206 Å². The van der Waals surface area contributed by atoms with Gasteiger partial charge < -0.3 is 14.2 Å². The van der Waals surface area contributed by atoms with Gasteiger partial charge in [-0.15, -0.1) is 0 Å². The van der Waals surface area contributed by atoms with Crippen LogP contribution in [0.25, 0.3) is 11.0 Å². The van der Waals surface area contributed by atoms with E-state index in [4.69, 9.17) is 4.74 Å². The predicted octanol–water partition coefficient (Wildman–Crippen LogP) is 4.04. The standard InChI is InChI=1S/C26H26F3N5O2/c1-4-16-11-34-17(12-33(16)20(5-2)22-18(28)8-14(27)9-19(22)29)13-36-25-24(34)23-21(32(3)26(25)35)7-6-15(10-30)31-23/h6-9,16-17,20H,4-5,11-13H2,1-3H3/t16-,17+,20-/m1/s1. The molecule has 0 unspecified atom stereocenters. The summed E-state index contributed by atoms with van der Waals surface area (Å²) in [4.78, 5) is 21.8. The third-order valence-electron chi connectivity index (χ3n) is 7.37. The number of aryl methyl sites for hydroxylation is 1. The highest BCUT2D eigenvalue weighted by atomic mass is 19.1. The largest absolute Gasteiger partial charge is 0.484 e. The van der Waals surface area contributed by atoms with Crippen LogP contribution >= 0.6 is 0 Å². The van der Waals surface area contributed by atoms with E-state index in [1.54, 1.807) is 19.2 Å². The van der Waals surface area contributed by atoms with Crippen LogP contribution in [0.4, 0.5) is 18.9 Å². The lowest BCUT2D eigenvalue weighted by Crippen LogP contribution is -2.62. The molecular weight excluding hydrogens is 471 g/mol. The summed E-state index contributed by atoms with van der Waals surface area (Å²) in [6.07, 6.45) is 1.11. The Morgan fingerprint density at radius 3 is 2.56 bits per heavy atom. The zero-order valence-electron chi connectivity index (χ0n) is 20.3. The van der Waals surface area contributed by atoms with Crippen molar-refractivity contribution in [3.63, 3.8) is 0 Å². The van der Waals surface area contributed by atoms with Gasteiger partial charge in [-0.1, -0.05) is 13.8 Å². The van der Waals surface area contributed by atoms with E-state index in [2.05, 4.69) is 20.9 Å². The highest BCUT2D eigenvalue weighted by molar-refractivity contribution is 5.93. The Balaban J connectivity index is 1.60. The SMILES string of the molecule is CC[C@@H]1CN2c3c(c(=O)n(C)c4ccc(C#N)nc34)OC[C@@H]2CN1[C@H](CC)c1c(F)cc(F)cc1F. The first-order valence-electron chi connectivity index (χ1n) is 12.0. The summed E-state index contributed by atoms with van der Waals surface area (Å²) >= 11 is 0. The number of fused-ring (bicyclic) bond motifs is 5. The second kappa shape index (κ2) is 9.13. The van der Waals surface area contributed by atoms with E-state index in [9.17, 15) is 23.2 Å². The molecule has 0 amide bonds. The molecular formula is C26H26F3N5O2. The van der Waals surface area contributed by atoms with Crippen LogP contribution in [0.1, 0.15) is 44.0 Å². The Bertz CT molecular complexity index is 1430. The predicted molar refractivity (Wildman–Crippen MR) is 128 cm³/mol. The molecule has 188 valence electrons. The summed E-state index contributed by atoms with van der Waals surface area (Å²) in [5.41, 5.74) is 1.43. The zero-order valence-corrected chi connectivity index (χ0v) is 20.3. The molecule has 1 saturated heterocycles. The lowest BCUT2D eigenvalue weighted by atomic mass is 9.94. The molecule has 10 heteroatoms. The number of nitriles is 1. The maximum Gasteiger partial charge on any atom is 0.295 e. The van der Waals surface area contributed by atoms with Gasteiger partial charge in [0.15, 0.2) is 0 Å². The van der Waals surface area contributed by atoms with Gasteiger partial charge in [0, 0.05) is 49.9 Å². The minimum absolute atomic E-state index is 0.112. The van der Waals surface area contributed by atoms with Crippen LogP contribution in [0.5, 0.6) is 5.75 Å². The fourth-order valence-corrected chi connectivity index (χ4v) is 5.62. The molecule has 3 atom stereocenters. The molecule has 3 aromatic rings. The molecule has 2 aliphatic heterocycles. The third-order valence-corrected chi connectivity index (χ3v) is 7.37. The number of aromatic nitrogens is 2. The zero-order chi connectivity index (χ0) is 25.7. The number of hydrogen-bond acceptors (Lipinski definition) is 6. The summed E-state index contributed by atoms with van der Waals surface area (Å²) in [7, 11) is 1.64. The summed E-state index contributed by atoms with van der Waals surface area (Å²) in [6, 6.07) is 5.84. The lowest BCUT2D eigenvalue weighted by molar-refractivity contribution is 0.0688. The number of hydrogen-bond donors (Lipinski definition) is 0. The van der Waals surface area contributed by atoms with Crippen molar-refractivity contribution in [3.8, 4) is 11.8 Å². The molecule has 7 nitrogen and oxygen atoms in total. The number of piperazine rings is 1. The smallest absolute Gasteiger partial charge is 0.295 e. The van der Waals surface area contributed by atoms with Crippen LogP contribution in [-0.4, -0.2) is 46.2 Å². The van der Waals surface area contributed by atoms with Gasteiger partial charge in [-0.05, 0) is 25.0 Å². The van der Waals surface area contributed by atoms with Gasteiger partial charge in [0.1, 0.15) is 47.0 Å². The van der Waals surface area contributed by atoms with Gasteiger partial charge in [-0.3, -0.25) is 9.69 Å². The van der Waals surface area contributed by atoms with E-state index in [0.29, 0.717) is 42.7 Å². The second-order valence-electron chi connectivity index (χ2n) is 9.30. The van der Waals surface area contributed by atoms with Crippen LogP contribution in [0.3, 0.4) is 0 Å². The van der Waals surface area contributed by atoms with Crippen molar-refractivity contribution in [3.05, 3.63) is 63.3 Å². The number of nitrogens with zero attached hydrogens (tertiary/aromatic N) is 5. The molecule has 2 aromatic heterocycles. The Morgan fingerprint density at radius 1 is 1.19 bits per heavy atom. The average Bonchev–Trinajstić information content (AvgIpc) is 2.87. The molecule has 0 radical (unpaired) electrons. The fraction of sp³-hybridized carbons (Fsp3) is 0.423. The Morgan fingerprint density at radius 2 is 1.92 bits per heavy atom. The number of benzene rings is 1. The molecule has 1 fully saturated rings. The number of ether oxygens (including phenoxy) is 1.